The Morgan fingerprint density at radius 3 is 2.14 bits per heavy atom. The van der Waals surface area contributed by atoms with Gasteiger partial charge in [0.05, 0.1) is 5.52 Å². The van der Waals surface area contributed by atoms with Crippen LogP contribution < -0.4 is 9.86 Å². The Morgan fingerprint density at radius 1 is 0.886 bits per heavy atom. The number of fused-ring (bicyclic) bond motifs is 1. The number of alkyl halides is 3. The molecule has 0 unspecified atom stereocenters. The van der Waals surface area contributed by atoms with Crippen molar-refractivity contribution < 1.29 is 30.0 Å². The van der Waals surface area contributed by atoms with Crippen molar-refractivity contribution >= 4 is 36.8 Å². The fraction of sp³-hybridized carbons (Fsp3) is 0.0455. The molecule has 0 radical (unpaired) electrons. The molecule has 13 heteroatoms. The van der Waals surface area contributed by atoms with E-state index in [0.717, 1.165) is 17.7 Å². The summed E-state index contributed by atoms with van der Waals surface area (Å²) in [6.07, 6.45) is 0. The molecule has 180 valence electrons. The summed E-state index contributed by atoms with van der Waals surface area (Å²) in [7, 11) is -9.64. The summed E-state index contributed by atoms with van der Waals surface area (Å²) in [5.74, 6) is 5.55. The predicted molar refractivity (Wildman–Crippen MR) is 124 cm³/mol. The summed E-state index contributed by atoms with van der Waals surface area (Å²) in [5.41, 5.74) is -3.53. The molecule has 0 spiro atoms. The maximum Gasteiger partial charge on any atom is 0.516 e. The second-order valence-corrected chi connectivity index (χ2v) is 10.4. The normalized spacial score (nSPS) is 12.2. The molecule has 0 aliphatic rings. The fourth-order valence-corrected chi connectivity index (χ4v) is 4.40. The van der Waals surface area contributed by atoms with Crippen LogP contribution in [-0.4, -0.2) is 32.3 Å². The zero-order chi connectivity index (χ0) is 25.4. The van der Waals surface area contributed by atoms with Crippen LogP contribution in [0.5, 0.6) is 0 Å². The zero-order valence-corrected chi connectivity index (χ0v) is 19.1. The van der Waals surface area contributed by atoms with Gasteiger partial charge in [-0.3, -0.25) is 4.72 Å². The number of hydrogen-bond acceptors (Lipinski definition) is 5. The lowest BCUT2D eigenvalue weighted by molar-refractivity contribution is -0.0429. The van der Waals surface area contributed by atoms with E-state index < -0.39 is 25.6 Å². The smallest absolute Gasteiger partial charge is 0.331 e. The van der Waals surface area contributed by atoms with Crippen molar-refractivity contribution in [2.75, 3.05) is 4.72 Å². The molecule has 1 heterocycles. The van der Waals surface area contributed by atoms with Gasteiger partial charge < -0.3 is 4.98 Å². The molecule has 0 saturated heterocycles. The number of benzene rings is 3. The SMILES string of the molecule is NS(=O)(=O)c1cc(-c2ccccc2)cc2[nH]c(C#Cc3ccc(NS(=O)(=O)C(F)(F)F)cc3)nc12. The van der Waals surface area contributed by atoms with Crippen LogP contribution in [0.15, 0.2) is 71.6 Å². The Balaban J connectivity index is 1.67. The van der Waals surface area contributed by atoms with Crippen molar-refractivity contribution in [3.63, 3.8) is 0 Å². The van der Waals surface area contributed by atoms with E-state index in [9.17, 15) is 30.0 Å². The average Bonchev–Trinajstić information content (AvgIpc) is 3.20. The largest absolute Gasteiger partial charge is 0.516 e. The first kappa shape index (κ1) is 24.3. The van der Waals surface area contributed by atoms with Crippen molar-refractivity contribution in [1.29, 1.82) is 0 Å². The van der Waals surface area contributed by atoms with Crippen LogP contribution in [0.2, 0.25) is 0 Å². The zero-order valence-electron chi connectivity index (χ0n) is 17.5. The van der Waals surface area contributed by atoms with Gasteiger partial charge in [-0.2, -0.15) is 21.6 Å². The van der Waals surface area contributed by atoms with Crippen LogP contribution in [0.4, 0.5) is 18.9 Å². The van der Waals surface area contributed by atoms with Crippen molar-refractivity contribution in [3.05, 3.63) is 78.1 Å². The van der Waals surface area contributed by atoms with Gasteiger partial charge in [0.15, 0.2) is 5.82 Å². The first-order valence-electron chi connectivity index (χ1n) is 9.67. The third kappa shape index (κ3) is 5.29. The molecule has 1 aromatic heterocycles. The topological polar surface area (TPSA) is 135 Å². The van der Waals surface area contributed by atoms with Gasteiger partial charge in [0.1, 0.15) is 10.4 Å². The number of nitrogens with zero attached hydrogens (tertiary/aromatic N) is 1. The molecule has 8 nitrogen and oxygen atoms in total. The molecule has 0 bridgehead atoms. The molecule has 0 aliphatic carbocycles. The molecule has 4 aromatic rings. The van der Waals surface area contributed by atoms with Crippen molar-refractivity contribution in [2.24, 2.45) is 5.14 Å². The number of aromatic amines is 1. The third-order valence-electron chi connectivity index (χ3n) is 4.73. The highest BCUT2D eigenvalue weighted by Crippen LogP contribution is 2.29. The van der Waals surface area contributed by atoms with E-state index in [2.05, 4.69) is 21.8 Å². The molecule has 0 saturated carbocycles. The Kier molecular flexibility index (Phi) is 6.05. The Bertz CT molecular complexity index is 1690. The number of rotatable bonds is 4. The second kappa shape index (κ2) is 8.73. The van der Waals surface area contributed by atoms with Crippen LogP contribution in [0.25, 0.3) is 22.2 Å². The number of sulfonamides is 2. The van der Waals surface area contributed by atoms with Gasteiger partial charge in [0, 0.05) is 11.3 Å². The van der Waals surface area contributed by atoms with Crippen molar-refractivity contribution in [3.8, 4) is 23.0 Å². The summed E-state index contributed by atoms with van der Waals surface area (Å²) in [4.78, 5) is 6.96. The number of halogens is 3. The highest BCUT2D eigenvalue weighted by molar-refractivity contribution is 7.93. The minimum Gasteiger partial charge on any atom is -0.331 e. The number of nitrogens with two attached hydrogens (primary N) is 1. The second-order valence-electron chi connectivity index (χ2n) is 7.25. The van der Waals surface area contributed by atoms with E-state index in [-0.39, 0.29) is 21.9 Å². The van der Waals surface area contributed by atoms with Crippen molar-refractivity contribution in [2.45, 2.75) is 10.4 Å². The number of H-pyrrole nitrogens is 1. The summed E-state index contributed by atoms with van der Waals surface area (Å²) in [6, 6.07) is 17.1. The number of hydrogen-bond donors (Lipinski definition) is 3. The van der Waals surface area contributed by atoms with E-state index in [0.29, 0.717) is 16.6 Å². The predicted octanol–water partition coefficient (Wildman–Crippen LogP) is 3.54. The number of nitrogens with one attached hydrogen (secondary N) is 2. The number of imidazole rings is 1. The van der Waals surface area contributed by atoms with Crippen LogP contribution in [-0.2, 0) is 20.0 Å². The van der Waals surface area contributed by atoms with E-state index in [1.54, 1.807) is 18.2 Å². The molecule has 0 amide bonds. The lowest BCUT2D eigenvalue weighted by Gasteiger charge is -2.10. The summed E-state index contributed by atoms with van der Waals surface area (Å²) in [6.45, 7) is 0. The van der Waals surface area contributed by atoms with Gasteiger partial charge >= 0.3 is 15.5 Å². The van der Waals surface area contributed by atoms with E-state index in [4.69, 9.17) is 5.14 Å². The molecule has 0 fully saturated rings. The molecule has 4 N–H and O–H groups in total. The monoisotopic (exact) mass is 520 g/mol. The average molecular weight is 521 g/mol. The maximum absolute atomic E-state index is 12.5. The lowest BCUT2D eigenvalue weighted by atomic mass is 10.1. The molecule has 35 heavy (non-hydrogen) atoms. The standard InChI is InChI=1S/C22H15F3N4O4S2/c23-22(24,25)35(32,33)29-17-9-6-14(7-10-17)8-11-20-27-18-12-16(15-4-2-1-3-5-15)13-19(21(18)28-20)34(26,30)31/h1-7,9-10,12-13,29H,(H,27,28)(H2,26,30,31). The van der Waals surface area contributed by atoms with Gasteiger partial charge in [-0.15, -0.1) is 0 Å². The number of primary sulfonamides is 1. The Morgan fingerprint density at radius 2 is 1.54 bits per heavy atom. The fourth-order valence-electron chi connectivity index (χ4n) is 3.13. The summed E-state index contributed by atoms with van der Waals surface area (Å²) >= 11 is 0. The van der Waals surface area contributed by atoms with Gasteiger partial charge in [0.25, 0.3) is 0 Å². The van der Waals surface area contributed by atoms with Crippen LogP contribution >= 0.6 is 0 Å². The lowest BCUT2D eigenvalue weighted by Crippen LogP contribution is -2.29. The number of aromatic nitrogens is 2. The first-order chi connectivity index (χ1) is 16.3. The molecular weight excluding hydrogens is 505 g/mol. The third-order valence-corrected chi connectivity index (χ3v) is 6.77. The molecular formula is C22H15F3N4O4S2. The van der Waals surface area contributed by atoms with Crippen LogP contribution in [0, 0.1) is 11.8 Å². The summed E-state index contributed by atoms with van der Waals surface area (Å²) < 4.78 is 85.6. The van der Waals surface area contributed by atoms with Crippen LogP contribution in [0.1, 0.15) is 11.4 Å². The van der Waals surface area contributed by atoms with E-state index in [1.165, 1.54) is 22.9 Å². The first-order valence-corrected chi connectivity index (χ1v) is 12.7. The summed E-state index contributed by atoms with van der Waals surface area (Å²) in [5, 5.41) is 5.39. The van der Waals surface area contributed by atoms with E-state index >= 15 is 0 Å². The van der Waals surface area contributed by atoms with Crippen molar-refractivity contribution in [1.82, 2.24) is 9.97 Å². The quantitative estimate of drug-likeness (QED) is 0.354. The Hall–Kier alpha value is -3.86. The van der Waals surface area contributed by atoms with Gasteiger partial charge in [-0.25, -0.2) is 18.5 Å². The minimum atomic E-state index is -5.53. The minimum absolute atomic E-state index is 0.105. The Labute approximate surface area is 198 Å². The molecule has 0 aliphatic heterocycles. The van der Waals surface area contributed by atoms with Gasteiger partial charge in [-0.05, 0) is 53.4 Å². The molecule has 3 aromatic carbocycles. The highest BCUT2D eigenvalue weighted by Gasteiger charge is 2.46. The van der Waals surface area contributed by atoms with Gasteiger partial charge in [-0.1, -0.05) is 36.3 Å². The number of anilines is 1. The maximum atomic E-state index is 12.5. The highest BCUT2D eigenvalue weighted by atomic mass is 32.2. The molecule has 4 rings (SSSR count). The van der Waals surface area contributed by atoms with E-state index in [1.807, 2.05) is 18.2 Å². The van der Waals surface area contributed by atoms with Gasteiger partial charge in [0.2, 0.25) is 10.0 Å². The molecule has 0 atom stereocenters. The van der Waals surface area contributed by atoms with Crippen LogP contribution in [0.3, 0.4) is 0 Å².